The Morgan fingerprint density at radius 3 is 2.72 bits per heavy atom. The highest BCUT2D eigenvalue weighted by Gasteiger charge is 2.14. The van der Waals surface area contributed by atoms with Crippen molar-refractivity contribution in [3.05, 3.63) is 36.0 Å². The molecule has 132 valence electrons. The fourth-order valence-corrected chi connectivity index (χ4v) is 2.69. The topological polar surface area (TPSA) is 93.1 Å². The van der Waals surface area contributed by atoms with Gasteiger partial charge in [0.2, 0.25) is 0 Å². The molecule has 1 aliphatic heterocycles. The van der Waals surface area contributed by atoms with Crippen LogP contribution in [0.25, 0.3) is 0 Å². The van der Waals surface area contributed by atoms with Gasteiger partial charge in [-0.2, -0.15) is 0 Å². The average molecular weight is 342 g/mol. The standard InChI is InChI=1S/C17H22N6O2/c1-13-10-15(23-8-3-2-4-9-23)22-14(21-13)11-20-16(24)12-25-17-18-6-5-7-19-17/h5-7,10H,2-4,8-9,11-12H2,1H3,(H,20,24). The summed E-state index contributed by atoms with van der Waals surface area (Å²) in [5.74, 6) is 1.27. The average Bonchev–Trinajstić information content (AvgIpc) is 2.66. The van der Waals surface area contributed by atoms with E-state index in [1.54, 1.807) is 18.5 Å². The summed E-state index contributed by atoms with van der Waals surface area (Å²) >= 11 is 0. The number of anilines is 1. The molecule has 1 fully saturated rings. The minimum atomic E-state index is -0.267. The number of hydrogen-bond donors (Lipinski definition) is 1. The molecule has 8 nitrogen and oxygen atoms in total. The highest BCUT2D eigenvalue weighted by Crippen LogP contribution is 2.18. The van der Waals surface area contributed by atoms with Gasteiger partial charge in [-0.3, -0.25) is 4.79 Å². The van der Waals surface area contributed by atoms with E-state index in [0.717, 1.165) is 24.6 Å². The summed E-state index contributed by atoms with van der Waals surface area (Å²) in [6.07, 6.45) is 6.77. The fourth-order valence-electron chi connectivity index (χ4n) is 2.69. The lowest BCUT2D eigenvalue weighted by Crippen LogP contribution is -2.32. The van der Waals surface area contributed by atoms with Crippen molar-refractivity contribution in [2.75, 3.05) is 24.6 Å². The number of nitrogens with zero attached hydrogens (tertiary/aromatic N) is 5. The molecule has 1 aliphatic rings. The van der Waals surface area contributed by atoms with Gasteiger partial charge in [0.05, 0.1) is 6.54 Å². The minimum absolute atomic E-state index is 0.144. The van der Waals surface area contributed by atoms with Crippen LogP contribution in [0.1, 0.15) is 30.8 Å². The molecule has 0 aromatic carbocycles. The largest absolute Gasteiger partial charge is 0.453 e. The second-order valence-corrected chi connectivity index (χ2v) is 5.93. The van der Waals surface area contributed by atoms with Crippen molar-refractivity contribution < 1.29 is 9.53 Å². The van der Waals surface area contributed by atoms with Gasteiger partial charge in [0, 0.05) is 37.2 Å². The molecule has 3 heterocycles. The molecule has 0 spiro atoms. The number of nitrogens with one attached hydrogen (secondary N) is 1. The third kappa shape index (κ3) is 5.10. The first-order chi connectivity index (χ1) is 12.2. The molecule has 0 bridgehead atoms. The third-order valence-electron chi connectivity index (χ3n) is 3.89. The second kappa shape index (κ2) is 8.36. The molecule has 0 unspecified atom stereocenters. The lowest BCUT2D eigenvalue weighted by Gasteiger charge is -2.28. The van der Waals surface area contributed by atoms with Crippen molar-refractivity contribution in [1.29, 1.82) is 0 Å². The van der Waals surface area contributed by atoms with Crippen molar-refractivity contribution in [2.45, 2.75) is 32.7 Å². The van der Waals surface area contributed by atoms with Crippen LogP contribution in [0.15, 0.2) is 24.5 Å². The molecule has 0 radical (unpaired) electrons. The lowest BCUT2D eigenvalue weighted by atomic mass is 10.1. The van der Waals surface area contributed by atoms with Gasteiger partial charge >= 0.3 is 6.01 Å². The number of aryl methyl sites for hydroxylation is 1. The smallest absolute Gasteiger partial charge is 0.316 e. The Kier molecular flexibility index (Phi) is 5.71. The van der Waals surface area contributed by atoms with E-state index in [1.807, 2.05) is 13.0 Å². The Morgan fingerprint density at radius 2 is 1.96 bits per heavy atom. The number of piperidine rings is 1. The zero-order valence-corrected chi connectivity index (χ0v) is 14.3. The highest BCUT2D eigenvalue weighted by molar-refractivity contribution is 5.77. The van der Waals surface area contributed by atoms with Gasteiger partial charge in [0.15, 0.2) is 6.61 Å². The Balaban J connectivity index is 1.53. The van der Waals surface area contributed by atoms with Gasteiger partial charge in [-0.25, -0.2) is 19.9 Å². The first-order valence-corrected chi connectivity index (χ1v) is 8.47. The van der Waals surface area contributed by atoms with E-state index in [1.165, 1.54) is 19.3 Å². The van der Waals surface area contributed by atoms with Crippen LogP contribution in [0.3, 0.4) is 0 Å². The van der Waals surface area contributed by atoms with Crippen molar-refractivity contribution in [2.24, 2.45) is 0 Å². The molecular formula is C17H22N6O2. The van der Waals surface area contributed by atoms with Crippen LogP contribution in [0.4, 0.5) is 5.82 Å². The number of carbonyl (C=O) groups is 1. The van der Waals surface area contributed by atoms with Gasteiger partial charge in [-0.1, -0.05) is 0 Å². The molecule has 3 rings (SSSR count). The van der Waals surface area contributed by atoms with E-state index in [9.17, 15) is 4.79 Å². The summed E-state index contributed by atoms with van der Waals surface area (Å²) in [6.45, 7) is 4.10. The van der Waals surface area contributed by atoms with E-state index in [4.69, 9.17) is 4.74 Å². The molecule has 2 aromatic rings. The van der Waals surface area contributed by atoms with Crippen LogP contribution in [0.2, 0.25) is 0 Å². The zero-order chi connectivity index (χ0) is 17.5. The molecule has 0 saturated carbocycles. The van der Waals surface area contributed by atoms with Gasteiger partial charge < -0.3 is 15.0 Å². The van der Waals surface area contributed by atoms with Gasteiger partial charge in [-0.05, 0) is 32.3 Å². The van der Waals surface area contributed by atoms with E-state index >= 15 is 0 Å². The summed E-state index contributed by atoms with van der Waals surface area (Å²) in [5, 5.41) is 2.76. The summed E-state index contributed by atoms with van der Waals surface area (Å²) in [6, 6.07) is 3.85. The molecule has 25 heavy (non-hydrogen) atoms. The SMILES string of the molecule is Cc1cc(N2CCCCC2)nc(CNC(=O)COc2ncccn2)n1. The minimum Gasteiger partial charge on any atom is -0.453 e. The van der Waals surface area contributed by atoms with E-state index in [-0.39, 0.29) is 25.1 Å². The predicted octanol–water partition coefficient (Wildman–Crippen LogP) is 1.26. The summed E-state index contributed by atoms with van der Waals surface area (Å²) in [4.78, 5) is 31.0. The zero-order valence-electron chi connectivity index (χ0n) is 14.3. The first kappa shape index (κ1) is 17.1. The number of rotatable bonds is 6. The van der Waals surface area contributed by atoms with Gasteiger partial charge in [0.25, 0.3) is 5.91 Å². The number of hydrogen-bond acceptors (Lipinski definition) is 7. The second-order valence-electron chi connectivity index (χ2n) is 5.93. The maximum atomic E-state index is 11.9. The van der Waals surface area contributed by atoms with Gasteiger partial charge in [0.1, 0.15) is 11.6 Å². The Hall–Kier alpha value is -2.77. The van der Waals surface area contributed by atoms with Crippen molar-refractivity contribution >= 4 is 11.7 Å². The molecule has 0 aliphatic carbocycles. The molecule has 1 amide bonds. The summed E-state index contributed by atoms with van der Waals surface area (Å²) < 4.78 is 5.22. The number of ether oxygens (including phenoxy) is 1. The van der Waals surface area contributed by atoms with Crippen LogP contribution in [0, 0.1) is 6.92 Å². The van der Waals surface area contributed by atoms with E-state index in [2.05, 4.69) is 30.2 Å². The van der Waals surface area contributed by atoms with Crippen LogP contribution in [-0.2, 0) is 11.3 Å². The van der Waals surface area contributed by atoms with Crippen LogP contribution < -0.4 is 15.0 Å². The highest BCUT2D eigenvalue weighted by atomic mass is 16.5. The monoisotopic (exact) mass is 342 g/mol. The van der Waals surface area contributed by atoms with Crippen LogP contribution >= 0.6 is 0 Å². The normalized spacial score (nSPS) is 14.2. The summed E-state index contributed by atoms with van der Waals surface area (Å²) in [7, 11) is 0. The van der Waals surface area contributed by atoms with Crippen molar-refractivity contribution in [3.8, 4) is 6.01 Å². The Labute approximate surface area is 146 Å². The predicted molar refractivity (Wildman–Crippen MR) is 92.2 cm³/mol. The molecule has 1 N–H and O–H groups in total. The number of amides is 1. The molecule has 0 atom stereocenters. The molecular weight excluding hydrogens is 320 g/mol. The van der Waals surface area contributed by atoms with Crippen molar-refractivity contribution in [1.82, 2.24) is 25.3 Å². The molecule has 8 heteroatoms. The first-order valence-electron chi connectivity index (χ1n) is 8.47. The lowest BCUT2D eigenvalue weighted by molar-refractivity contribution is -0.123. The van der Waals surface area contributed by atoms with E-state index in [0.29, 0.717) is 5.82 Å². The maximum absolute atomic E-state index is 11.9. The van der Waals surface area contributed by atoms with E-state index < -0.39 is 0 Å². The fraction of sp³-hybridized carbons (Fsp3) is 0.471. The number of aromatic nitrogens is 4. The van der Waals surface area contributed by atoms with Gasteiger partial charge in [-0.15, -0.1) is 0 Å². The van der Waals surface area contributed by atoms with Crippen LogP contribution in [-0.4, -0.2) is 45.5 Å². The maximum Gasteiger partial charge on any atom is 0.316 e. The Morgan fingerprint density at radius 1 is 1.20 bits per heavy atom. The third-order valence-corrected chi connectivity index (χ3v) is 3.89. The van der Waals surface area contributed by atoms with Crippen LogP contribution in [0.5, 0.6) is 6.01 Å². The van der Waals surface area contributed by atoms with Crippen molar-refractivity contribution in [3.63, 3.8) is 0 Å². The summed E-state index contributed by atoms with van der Waals surface area (Å²) in [5.41, 5.74) is 0.897. The molecule has 2 aromatic heterocycles. The molecule has 1 saturated heterocycles. The number of carbonyl (C=O) groups excluding carboxylic acids is 1. The quantitative estimate of drug-likeness (QED) is 0.844. The Bertz CT molecular complexity index is 704.